The first-order valence-corrected chi connectivity index (χ1v) is 6.90. The summed E-state index contributed by atoms with van der Waals surface area (Å²) < 4.78 is 0. The van der Waals surface area contributed by atoms with Gasteiger partial charge in [-0.3, -0.25) is 9.69 Å². The number of nitrogens with one attached hydrogen (secondary N) is 2. The van der Waals surface area contributed by atoms with E-state index in [0.29, 0.717) is 6.54 Å². The van der Waals surface area contributed by atoms with Gasteiger partial charge in [-0.25, -0.2) is 0 Å². The lowest BCUT2D eigenvalue weighted by Gasteiger charge is -2.34. The molecule has 0 aromatic heterocycles. The van der Waals surface area contributed by atoms with E-state index in [1.807, 2.05) is 18.7 Å². The molecule has 1 amide bonds. The average molecular weight is 231 g/mol. The Bertz CT molecular complexity index is 201. The molecule has 4 nitrogen and oxygen atoms in total. The molecule has 0 saturated carbocycles. The fraction of sp³-hybridized carbons (Fsp3) is 0.900. The van der Waals surface area contributed by atoms with Crippen LogP contribution in [-0.2, 0) is 4.79 Å². The summed E-state index contributed by atoms with van der Waals surface area (Å²) >= 11 is 1.83. The zero-order valence-corrected chi connectivity index (χ0v) is 10.4. The van der Waals surface area contributed by atoms with Crippen molar-refractivity contribution in [2.75, 3.05) is 44.7 Å². The number of carbonyl (C=O) groups is 1. The molecule has 0 aliphatic carbocycles. The molecule has 0 spiro atoms. The number of piperazine rings is 1. The summed E-state index contributed by atoms with van der Waals surface area (Å²) in [5.41, 5.74) is 0. The van der Waals surface area contributed by atoms with Crippen molar-refractivity contribution in [3.05, 3.63) is 0 Å². The van der Waals surface area contributed by atoms with Crippen LogP contribution in [0.4, 0.5) is 0 Å². The number of hydrogen-bond donors (Lipinski definition) is 2. The Morgan fingerprint density at radius 2 is 2.47 bits per heavy atom. The highest BCUT2D eigenvalue weighted by molar-refractivity contribution is 7.98. The lowest BCUT2D eigenvalue weighted by Crippen LogP contribution is -2.58. The summed E-state index contributed by atoms with van der Waals surface area (Å²) in [6.45, 7) is 6.42. The normalized spacial score (nSPS) is 22.7. The molecule has 0 bridgehead atoms. The summed E-state index contributed by atoms with van der Waals surface area (Å²) in [5.74, 6) is 1.25. The van der Waals surface area contributed by atoms with Gasteiger partial charge in [0, 0.05) is 38.5 Å². The van der Waals surface area contributed by atoms with E-state index in [9.17, 15) is 4.79 Å². The van der Waals surface area contributed by atoms with Crippen LogP contribution in [0.15, 0.2) is 0 Å². The molecule has 1 unspecified atom stereocenters. The first-order chi connectivity index (χ1) is 7.29. The standard InChI is InChI=1S/C10H21N3OS/c1-3-12-10(14)9-8-11-4-5-13(9)6-7-15-2/h9,11H,3-8H2,1-2H3,(H,12,14). The maximum absolute atomic E-state index is 11.8. The van der Waals surface area contributed by atoms with Gasteiger partial charge in [-0.15, -0.1) is 0 Å². The monoisotopic (exact) mass is 231 g/mol. The number of amides is 1. The van der Waals surface area contributed by atoms with E-state index in [2.05, 4.69) is 21.8 Å². The van der Waals surface area contributed by atoms with Gasteiger partial charge in [0.2, 0.25) is 5.91 Å². The number of nitrogens with zero attached hydrogens (tertiary/aromatic N) is 1. The van der Waals surface area contributed by atoms with Gasteiger partial charge in [0.05, 0.1) is 0 Å². The predicted molar refractivity (Wildman–Crippen MR) is 65.3 cm³/mol. The Labute approximate surface area is 96.2 Å². The molecule has 0 aromatic carbocycles. The molecule has 0 radical (unpaired) electrons. The molecular weight excluding hydrogens is 210 g/mol. The third kappa shape index (κ3) is 4.01. The minimum Gasteiger partial charge on any atom is -0.355 e. The van der Waals surface area contributed by atoms with Crippen LogP contribution in [0.2, 0.25) is 0 Å². The lowest BCUT2D eigenvalue weighted by atomic mass is 10.2. The highest BCUT2D eigenvalue weighted by atomic mass is 32.2. The van der Waals surface area contributed by atoms with Crippen molar-refractivity contribution >= 4 is 17.7 Å². The molecular formula is C10H21N3OS. The molecule has 0 aromatic rings. The first kappa shape index (κ1) is 12.8. The van der Waals surface area contributed by atoms with Gasteiger partial charge in [0.15, 0.2) is 0 Å². The summed E-state index contributed by atoms with van der Waals surface area (Å²) in [4.78, 5) is 14.0. The van der Waals surface area contributed by atoms with Gasteiger partial charge in [0.1, 0.15) is 6.04 Å². The van der Waals surface area contributed by atoms with Crippen molar-refractivity contribution in [3.63, 3.8) is 0 Å². The lowest BCUT2D eigenvalue weighted by molar-refractivity contribution is -0.126. The predicted octanol–water partition coefficient (Wildman–Crippen LogP) is -0.241. The van der Waals surface area contributed by atoms with Crippen LogP contribution in [0.25, 0.3) is 0 Å². The quantitative estimate of drug-likeness (QED) is 0.685. The van der Waals surface area contributed by atoms with Crippen LogP contribution in [0, 0.1) is 0 Å². The number of likely N-dealkylation sites (N-methyl/N-ethyl adjacent to an activating group) is 1. The van der Waals surface area contributed by atoms with Crippen LogP contribution in [-0.4, -0.2) is 61.6 Å². The van der Waals surface area contributed by atoms with Gasteiger partial charge in [-0.2, -0.15) is 11.8 Å². The molecule has 1 heterocycles. The van der Waals surface area contributed by atoms with E-state index >= 15 is 0 Å². The fourth-order valence-corrected chi connectivity index (χ4v) is 2.19. The molecule has 1 fully saturated rings. The maximum Gasteiger partial charge on any atom is 0.238 e. The second-order valence-electron chi connectivity index (χ2n) is 3.64. The van der Waals surface area contributed by atoms with Crippen LogP contribution in [0.5, 0.6) is 0 Å². The first-order valence-electron chi connectivity index (χ1n) is 5.51. The third-order valence-electron chi connectivity index (χ3n) is 2.59. The van der Waals surface area contributed by atoms with Gasteiger partial charge >= 0.3 is 0 Å². The maximum atomic E-state index is 11.8. The molecule has 15 heavy (non-hydrogen) atoms. The van der Waals surface area contributed by atoms with Gasteiger partial charge in [-0.05, 0) is 13.2 Å². The zero-order valence-electron chi connectivity index (χ0n) is 9.58. The summed E-state index contributed by atoms with van der Waals surface area (Å²) in [5, 5.41) is 6.17. The SMILES string of the molecule is CCNC(=O)C1CNCCN1CCSC. The smallest absolute Gasteiger partial charge is 0.238 e. The fourth-order valence-electron chi connectivity index (χ4n) is 1.77. The van der Waals surface area contributed by atoms with E-state index in [1.165, 1.54) is 0 Å². The van der Waals surface area contributed by atoms with E-state index < -0.39 is 0 Å². The molecule has 5 heteroatoms. The average Bonchev–Trinajstić information content (AvgIpc) is 2.27. The zero-order chi connectivity index (χ0) is 11.1. The van der Waals surface area contributed by atoms with E-state index in [1.54, 1.807) is 0 Å². The van der Waals surface area contributed by atoms with Gasteiger partial charge in [0.25, 0.3) is 0 Å². The van der Waals surface area contributed by atoms with E-state index in [0.717, 1.165) is 31.9 Å². The van der Waals surface area contributed by atoms with Crippen molar-refractivity contribution in [2.24, 2.45) is 0 Å². The summed E-state index contributed by atoms with van der Waals surface area (Å²) in [7, 11) is 0. The van der Waals surface area contributed by atoms with Gasteiger partial charge in [-0.1, -0.05) is 0 Å². The van der Waals surface area contributed by atoms with Crippen molar-refractivity contribution in [1.29, 1.82) is 0 Å². The molecule has 1 saturated heterocycles. The number of rotatable bonds is 5. The summed E-state index contributed by atoms with van der Waals surface area (Å²) in [6, 6.07) is 0.0193. The molecule has 1 rings (SSSR count). The Morgan fingerprint density at radius 3 is 3.13 bits per heavy atom. The van der Waals surface area contributed by atoms with Crippen LogP contribution < -0.4 is 10.6 Å². The largest absolute Gasteiger partial charge is 0.355 e. The van der Waals surface area contributed by atoms with Crippen LogP contribution in [0.1, 0.15) is 6.92 Å². The molecule has 1 atom stereocenters. The minimum atomic E-state index is 0.0193. The van der Waals surface area contributed by atoms with Crippen LogP contribution in [0.3, 0.4) is 0 Å². The Kier molecular flexibility index (Phi) is 6.05. The molecule has 2 N–H and O–H groups in total. The van der Waals surface area contributed by atoms with Crippen LogP contribution >= 0.6 is 11.8 Å². The van der Waals surface area contributed by atoms with E-state index in [-0.39, 0.29) is 11.9 Å². The minimum absolute atomic E-state index is 0.0193. The molecule has 88 valence electrons. The van der Waals surface area contributed by atoms with Crippen molar-refractivity contribution < 1.29 is 4.79 Å². The highest BCUT2D eigenvalue weighted by Gasteiger charge is 2.27. The topological polar surface area (TPSA) is 44.4 Å². The van der Waals surface area contributed by atoms with Crippen molar-refractivity contribution in [3.8, 4) is 0 Å². The Balaban J connectivity index is 2.45. The van der Waals surface area contributed by atoms with Crippen molar-refractivity contribution in [1.82, 2.24) is 15.5 Å². The number of thioether (sulfide) groups is 1. The second kappa shape index (κ2) is 7.09. The second-order valence-corrected chi connectivity index (χ2v) is 4.63. The Morgan fingerprint density at radius 1 is 1.67 bits per heavy atom. The number of hydrogen-bond acceptors (Lipinski definition) is 4. The number of carbonyl (C=O) groups excluding carboxylic acids is 1. The van der Waals surface area contributed by atoms with E-state index in [4.69, 9.17) is 0 Å². The summed E-state index contributed by atoms with van der Waals surface area (Å²) in [6.07, 6.45) is 2.10. The highest BCUT2D eigenvalue weighted by Crippen LogP contribution is 2.05. The Hall–Kier alpha value is -0.260. The van der Waals surface area contributed by atoms with Gasteiger partial charge < -0.3 is 10.6 Å². The molecule has 1 aliphatic heterocycles. The third-order valence-corrected chi connectivity index (χ3v) is 3.18. The molecule has 1 aliphatic rings. The van der Waals surface area contributed by atoms with Crippen molar-refractivity contribution in [2.45, 2.75) is 13.0 Å².